The van der Waals surface area contributed by atoms with Crippen molar-refractivity contribution in [3.63, 3.8) is 0 Å². The van der Waals surface area contributed by atoms with Crippen molar-refractivity contribution in [2.24, 2.45) is 0 Å². The van der Waals surface area contributed by atoms with Gasteiger partial charge in [-0.15, -0.1) is 0 Å². The van der Waals surface area contributed by atoms with Gasteiger partial charge >= 0.3 is 0 Å². The molecular formula is C12H18N2O2. The summed E-state index contributed by atoms with van der Waals surface area (Å²) in [6.07, 6.45) is 4.71. The van der Waals surface area contributed by atoms with Crippen molar-refractivity contribution in [2.75, 3.05) is 6.54 Å². The lowest BCUT2D eigenvalue weighted by atomic mass is 10.2. The van der Waals surface area contributed by atoms with Gasteiger partial charge in [-0.3, -0.25) is 9.78 Å². The SMILES string of the molecule is CCC(O)CCNC(=O)Cc1cccnc1. The number of carbonyl (C=O) groups is 1. The van der Waals surface area contributed by atoms with Gasteiger partial charge < -0.3 is 10.4 Å². The molecule has 0 aliphatic heterocycles. The van der Waals surface area contributed by atoms with Gasteiger partial charge in [0.15, 0.2) is 0 Å². The van der Waals surface area contributed by atoms with Crippen molar-refractivity contribution in [1.82, 2.24) is 10.3 Å². The number of hydrogen-bond acceptors (Lipinski definition) is 3. The molecule has 1 unspecified atom stereocenters. The molecule has 88 valence electrons. The second-order valence-corrected chi connectivity index (χ2v) is 3.74. The number of aliphatic hydroxyl groups is 1. The van der Waals surface area contributed by atoms with Crippen molar-refractivity contribution < 1.29 is 9.90 Å². The van der Waals surface area contributed by atoms with Crippen LogP contribution in [0.25, 0.3) is 0 Å². The Morgan fingerprint density at radius 3 is 3.06 bits per heavy atom. The highest BCUT2D eigenvalue weighted by Crippen LogP contribution is 1.98. The van der Waals surface area contributed by atoms with Crippen LogP contribution < -0.4 is 5.32 Å². The van der Waals surface area contributed by atoms with Gasteiger partial charge in [0.05, 0.1) is 12.5 Å². The van der Waals surface area contributed by atoms with E-state index in [2.05, 4.69) is 10.3 Å². The Hall–Kier alpha value is -1.42. The van der Waals surface area contributed by atoms with E-state index in [9.17, 15) is 9.90 Å². The molecule has 0 saturated carbocycles. The van der Waals surface area contributed by atoms with Crippen LogP contribution in [0.2, 0.25) is 0 Å². The number of pyridine rings is 1. The van der Waals surface area contributed by atoms with E-state index >= 15 is 0 Å². The molecular weight excluding hydrogens is 204 g/mol. The maximum Gasteiger partial charge on any atom is 0.224 e. The van der Waals surface area contributed by atoms with Gasteiger partial charge in [0.1, 0.15) is 0 Å². The van der Waals surface area contributed by atoms with Gasteiger partial charge in [0, 0.05) is 18.9 Å². The number of hydrogen-bond donors (Lipinski definition) is 2. The van der Waals surface area contributed by atoms with Crippen LogP contribution in [0.4, 0.5) is 0 Å². The van der Waals surface area contributed by atoms with E-state index in [1.54, 1.807) is 12.4 Å². The summed E-state index contributed by atoms with van der Waals surface area (Å²) in [6, 6.07) is 3.68. The summed E-state index contributed by atoms with van der Waals surface area (Å²) >= 11 is 0. The largest absolute Gasteiger partial charge is 0.393 e. The van der Waals surface area contributed by atoms with Crippen LogP contribution in [-0.2, 0) is 11.2 Å². The molecule has 0 aliphatic carbocycles. The first-order valence-corrected chi connectivity index (χ1v) is 5.56. The van der Waals surface area contributed by atoms with Crippen molar-refractivity contribution in [3.05, 3.63) is 30.1 Å². The lowest BCUT2D eigenvalue weighted by Gasteiger charge is -2.08. The molecule has 0 aliphatic rings. The maximum absolute atomic E-state index is 11.5. The zero-order chi connectivity index (χ0) is 11.8. The Labute approximate surface area is 95.7 Å². The number of rotatable bonds is 6. The molecule has 2 N–H and O–H groups in total. The van der Waals surface area contributed by atoms with E-state index in [-0.39, 0.29) is 12.0 Å². The fraction of sp³-hybridized carbons (Fsp3) is 0.500. The third kappa shape index (κ3) is 4.89. The lowest BCUT2D eigenvalue weighted by Crippen LogP contribution is -2.28. The van der Waals surface area contributed by atoms with Crippen molar-refractivity contribution in [1.29, 1.82) is 0 Å². The number of carbonyl (C=O) groups excluding carboxylic acids is 1. The number of nitrogens with one attached hydrogen (secondary N) is 1. The van der Waals surface area contributed by atoms with E-state index < -0.39 is 0 Å². The molecule has 0 radical (unpaired) electrons. The van der Waals surface area contributed by atoms with Crippen molar-refractivity contribution >= 4 is 5.91 Å². The fourth-order valence-corrected chi connectivity index (χ4v) is 1.33. The average molecular weight is 222 g/mol. The Kier molecular flexibility index (Phi) is 5.50. The maximum atomic E-state index is 11.5. The minimum absolute atomic E-state index is 0.0312. The zero-order valence-electron chi connectivity index (χ0n) is 9.52. The molecule has 16 heavy (non-hydrogen) atoms. The predicted octanol–water partition coefficient (Wildman–Crippen LogP) is 0.901. The summed E-state index contributed by atoms with van der Waals surface area (Å²) in [7, 11) is 0. The third-order valence-electron chi connectivity index (χ3n) is 2.36. The summed E-state index contributed by atoms with van der Waals surface area (Å²) in [5.41, 5.74) is 0.899. The normalized spacial score (nSPS) is 12.1. The summed E-state index contributed by atoms with van der Waals surface area (Å²) in [6.45, 7) is 2.44. The quantitative estimate of drug-likeness (QED) is 0.751. The first-order chi connectivity index (χ1) is 7.72. The predicted molar refractivity (Wildman–Crippen MR) is 61.9 cm³/mol. The topological polar surface area (TPSA) is 62.2 Å². The molecule has 1 aromatic heterocycles. The van der Waals surface area contributed by atoms with Gasteiger partial charge in [-0.25, -0.2) is 0 Å². The molecule has 0 spiro atoms. The summed E-state index contributed by atoms with van der Waals surface area (Å²) in [5.74, 6) is -0.0312. The van der Waals surface area contributed by atoms with Gasteiger partial charge in [0.2, 0.25) is 5.91 Å². The number of aliphatic hydroxyl groups excluding tert-OH is 1. The minimum atomic E-state index is -0.321. The minimum Gasteiger partial charge on any atom is -0.393 e. The molecule has 1 aromatic rings. The van der Waals surface area contributed by atoms with Crippen LogP contribution in [0.3, 0.4) is 0 Å². The van der Waals surface area contributed by atoms with Crippen LogP contribution in [0.5, 0.6) is 0 Å². The Morgan fingerprint density at radius 2 is 2.44 bits per heavy atom. The average Bonchev–Trinajstić information content (AvgIpc) is 2.30. The number of aromatic nitrogens is 1. The molecule has 1 rings (SSSR count). The number of amides is 1. The Balaban J connectivity index is 2.21. The van der Waals surface area contributed by atoms with Crippen LogP contribution >= 0.6 is 0 Å². The monoisotopic (exact) mass is 222 g/mol. The highest BCUT2D eigenvalue weighted by atomic mass is 16.3. The first-order valence-electron chi connectivity index (χ1n) is 5.56. The van der Waals surface area contributed by atoms with Crippen LogP contribution in [-0.4, -0.2) is 28.6 Å². The van der Waals surface area contributed by atoms with Crippen LogP contribution in [0.1, 0.15) is 25.3 Å². The third-order valence-corrected chi connectivity index (χ3v) is 2.36. The summed E-state index contributed by atoms with van der Waals surface area (Å²) < 4.78 is 0. The molecule has 4 heteroatoms. The van der Waals surface area contributed by atoms with E-state index in [4.69, 9.17) is 0 Å². The smallest absolute Gasteiger partial charge is 0.224 e. The Bertz CT molecular complexity index is 314. The molecule has 1 atom stereocenters. The van der Waals surface area contributed by atoms with Gasteiger partial charge in [0.25, 0.3) is 0 Å². The van der Waals surface area contributed by atoms with E-state index in [0.29, 0.717) is 19.4 Å². The molecule has 0 aromatic carbocycles. The molecule has 1 heterocycles. The summed E-state index contributed by atoms with van der Waals surface area (Å²) in [4.78, 5) is 15.4. The molecule has 1 amide bonds. The Morgan fingerprint density at radius 1 is 1.62 bits per heavy atom. The fourth-order valence-electron chi connectivity index (χ4n) is 1.33. The van der Waals surface area contributed by atoms with E-state index in [1.165, 1.54) is 0 Å². The highest BCUT2D eigenvalue weighted by molar-refractivity contribution is 5.78. The number of nitrogens with zero attached hydrogens (tertiary/aromatic N) is 1. The molecule has 0 fully saturated rings. The van der Waals surface area contributed by atoms with Gasteiger partial charge in [-0.2, -0.15) is 0 Å². The second kappa shape index (κ2) is 6.95. The van der Waals surface area contributed by atoms with E-state index in [0.717, 1.165) is 12.0 Å². The zero-order valence-corrected chi connectivity index (χ0v) is 9.52. The van der Waals surface area contributed by atoms with Gasteiger partial charge in [-0.1, -0.05) is 13.0 Å². The lowest BCUT2D eigenvalue weighted by molar-refractivity contribution is -0.120. The standard InChI is InChI=1S/C12H18N2O2/c1-2-11(15)5-7-14-12(16)8-10-4-3-6-13-9-10/h3-4,6,9,11,15H,2,5,7-8H2,1H3,(H,14,16). The molecule has 0 saturated heterocycles. The molecule has 4 nitrogen and oxygen atoms in total. The highest BCUT2D eigenvalue weighted by Gasteiger charge is 2.04. The molecule has 0 bridgehead atoms. The first kappa shape index (κ1) is 12.6. The van der Waals surface area contributed by atoms with Gasteiger partial charge in [-0.05, 0) is 24.5 Å². The van der Waals surface area contributed by atoms with Crippen molar-refractivity contribution in [3.8, 4) is 0 Å². The second-order valence-electron chi connectivity index (χ2n) is 3.74. The van der Waals surface area contributed by atoms with E-state index in [1.807, 2.05) is 19.1 Å². The van der Waals surface area contributed by atoms with Crippen LogP contribution in [0.15, 0.2) is 24.5 Å². The summed E-state index contributed by atoms with van der Waals surface area (Å²) in [5, 5.41) is 12.1. The van der Waals surface area contributed by atoms with Crippen molar-refractivity contribution in [2.45, 2.75) is 32.3 Å². The van der Waals surface area contributed by atoms with Crippen LogP contribution in [0, 0.1) is 0 Å².